The molecular formula is C16H16ClNO2S. The highest BCUT2D eigenvalue weighted by Gasteiger charge is 2.07. The number of Topliss-reactive ketones (excluding diaryl/α,β-unsaturated/α-hetero) is 1. The van der Waals surface area contributed by atoms with Crippen LogP contribution < -0.4 is 10.5 Å². The number of hydrogen-bond donors (Lipinski definition) is 1. The van der Waals surface area contributed by atoms with Crippen LogP contribution in [-0.4, -0.2) is 18.1 Å². The van der Waals surface area contributed by atoms with Gasteiger partial charge in [-0.2, -0.15) is 0 Å². The fourth-order valence-corrected chi connectivity index (χ4v) is 2.81. The lowest BCUT2D eigenvalue weighted by Gasteiger charge is -2.09. The monoisotopic (exact) mass is 321 g/mol. The predicted octanol–water partition coefficient (Wildman–Crippen LogP) is 4.30. The van der Waals surface area contributed by atoms with Gasteiger partial charge in [0, 0.05) is 10.6 Å². The topological polar surface area (TPSA) is 52.3 Å². The van der Waals surface area contributed by atoms with Crippen molar-refractivity contribution in [1.82, 2.24) is 0 Å². The minimum Gasteiger partial charge on any atom is -0.492 e. The largest absolute Gasteiger partial charge is 0.492 e. The summed E-state index contributed by atoms with van der Waals surface area (Å²) in [5.74, 6) is 1.39. The van der Waals surface area contributed by atoms with Crippen molar-refractivity contribution in [2.45, 2.75) is 11.8 Å². The van der Waals surface area contributed by atoms with E-state index in [4.69, 9.17) is 22.1 Å². The highest BCUT2D eigenvalue weighted by molar-refractivity contribution is 7.99. The fraction of sp³-hybridized carbons (Fsp3) is 0.188. The van der Waals surface area contributed by atoms with Crippen molar-refractivity contribution in [3.8, 4) is 5.75 Å². The number of benzene rings is 2. The Morgan fingerprint density at radius 3 is 2.76 bits per heavy atom. The molecule has 0 aliphatic rings. The van der Waals surface area contributed by atoms with Crippen LogP contribution in [0.2, 0.25) is 5.02 Å². The van der Waals surface area contributed by atoms with Gasteiger partial charge in [-0.05, 0) is 37.3 Å². The lowest BCUT2D eigenvalue weighted by atomic mass is 10.1. The van der Waals surface area contributed by atoms with Crippen molar-refractivity contribution in [2.75, 3.05) is 18.1 Å². The van der Waals surface area contributed by atoms with E-state index in [1.807, 2.05) is 30.3 Å². The number of thioether (sulfide) groups is 1. The molecule has 2 aromatic rings. The molecule has 0 saturated heterocycles. The molecule has 0 atom stereocenters. The van der Waals surface area contributed by atoms with Gasteiger partial charge < -0.3 is 10.5 Å². The summed E-state index contributed by atoms with van der Waals surface area (Å²) in [6.07, 6.45) is 0. The molecule has 5 heteroatoms. The van der Waals surface area contributed by atoms with Crippen LogP contribution in [0.15, 0.2) is 47.4 Å². The summed E-state index contributed by atoms with van der Waals surface area (Å²) in [5, 5.41) is 0.558. The van der Waals surface area contributed by atoms with E-state index in [0.717, 1.165) is 10.6 Å². The van der Waals surface area contributed by atoms with E-state index in [2.05, 4.69) is 0 Å². The van der Waals surface area contributed by atoms with Crippen molar-refractivity contribution in [3.05, 3.63) is 53.1 Å². The number of carbonyl (C=O) groups excluding carboxylic acids is 1. The van der Waals surface area contributed by atoms with Gasteiger partial charge in [-0.1, -0.05) is 23.7 Å². The molecule has 0 radical (unpaired) electrons. The number of ether oxygens (including phenoxy) is 1. The molecular weight excluding hydrogens is 306 g/mol. The van der Waals surface area contributed by atoms with Crippen LogP contribution in [0.25, 0.3) is 0 Å². The van der Waals surface area contributed by atoms with E-state index in [1.165, 1.54) is 6.92 Å². The van der Waals surface area contributed by atoms with Gasteiger partial charge >= 0.3 is 0 Å². The van der Waals surface area contributed by atoms with Gasteiger partial charge in [-0.15, -0.1) is 11.8 Å². The molecule has 0 aliphatic heterocycles. The van der Waals surface area contributed by atoms with Crippen LogP contribution in [0.1, 0.15) is 17.3 Å². The first-order valence-corrected chi connectivity index (χ1v) is 7.85. The maximum atomic E-state index is 11.5. The first kappa shape index (κ1) is 15.7. The second kappa shape index (κ2) is 7.38. The molecule has 0 spiro atoms. The molecule has 0 aromatic heterocycles. The van der Waals surface area contributed by atoms with Gasteiger partial charge in [0.1, 0.15) is 5.75 Å². The normalized spacial score (nSPS) is 10.4. The molecule has 2 rings (SSSR count). The van der Waals surface area contributed by atoms with Gasteiger partial charge in [-0.3, -0.25) is 4.79 Å². The van der Waals surface area contributed by atoms with E-state index in [-0.39, 0.29) is 5.78 Å². The summed E-state index contributed by atoms with van der Waals surface area (Å²) in [4.78, 5) is 12.5. The van der Waals surface area contributed by atoms with Crippen molar-refractivity contribution in [2.24, 2.45) is 0 Å². The maximum Gasteiger partial charge on any atom is 0.163 e. The molecule has 0 aliphatic carbocycles. The van der Waals surface area contributed by atoms with Gasteiger partial charge in [0.15, 0.2) is 5.78 Å². The first-order chi connectivity index (χ1) is 10.1. The summed E-state index contributed by atoms with van der Waals surface area (Å²) < 4.78 is 5.67. The van der Waals surface area contributed by atoms with Gasteiger partial charge in [-0.25, -0.2) is 0 Å². The van der Waals surface area contributed by atoms with E-state index in [0.29, 0.717) is 28.6 Å². The maximum absolute atomic E-state index is 11.5. The molecule has 0 fully saturated rings. The Kier molecular flexibility index (Phi) is 5.53. The smallest absolute Gasteiger partial charge is 0.163 e. The second-order valence-corrected chi connectivity index (χ2v) is 6.01. The number of hydrogen-bond acceptors (Lipinski definition) is 4. The third-order valence-electron chi connectivity index (χ3n) is 2.85. The van der Waals surface area contributed by atoms with Crippen molar-refractivity contribution >= 4 is 34.8 Å². The van der Waals surface area contributed by atoms with Crippen LogP contribution >= 0.6 is 23.4 Å². The zero-order chi connectivity index (χ0) is 15.2. The Bertz CT molecular complexity index is 646. The third-order valence-corrected chi connectivity index (χ3v) is 4.13. The molecule has 0 bridgehead atoms. The van der Waals surface area contributed by atoms with Crippen LogP contribution in [0.4, 0.5) is 5.69 Å². The summed E-state index contributed by atoms with van der Waals surface area (Å²) >= 11 is 7.60. The highest BCUT2D eigenvalue weighted by Crippen LogP contribution is 2.26. The lowest BCUT2D eigenvalue weighted by Crippen LogP contribution is -2.04. The molecule has 0 heterocycles. The first-order valence-electron chi connectivity index (χ1n) is 6.48. The summed E-state index contributed by atoms with van der Waals surface area (Å²) in [6, 6.07) is 12.8. The zero-order valence-electron chi connectivity index (χ0n) is 11.6. The fourth-order valence-electron chi connectivity index (χ4n) is 1.79. The van der Waals surface area contributed by atoms with Crippen LogP contribution in [0, 0.1) is 0 Å². The Hall–Kier alpha value is -1.65. The second-order valence-electron chi connectivity index (χ2n) is 4.43. The third kappa shape index (κ3) is 4.41. The number of anilines is 1. The minimum atomic E-state index is 0.00331. The summed E-state index contributed by atoms with van der Waals surface area (Å²) in [7, 11) is 0. The Balaban J connectivity index is 1.87. The lowest BCUT2D eigenvalue weighted by molar-refractivity contribution is 0.101. The number of nitrogens with two attached hydrogens (primary N) is 1. The molecule has 2 N–H and O–H groups in total. The summed E-state index contributed by atoms with van der Waals surface area (Å²) in [5.41, 5.74) is 6.85. The molecule has 2 aromatic carbocycles. The quantitative estimate of drug-likeness (QED) is 0.373. The van der Waals surface area contributed by atoms with Gasteiger partial charge in [0.05, 0.1) is 22.9 Å². The van der Waals surface area contributed by atoms with E-state index < -0.39 is 0 Å². The Morgan fingerprint density at radius 2 is 2.05 bits per heavy atom. The van der Waals surface area contributed by atoms with Crippen LogP contribution in [-0.2, 0) is 0 Å². The van der Waals surface area contributed by atoms with Crippen molar-refractivity contribution in [1.29, 1.82) is 0 Å². The van der Waals surface area contributed by atoms with Crippen LogP contribution in [0.3, 0.4) is 0 Å². The molecule has 0 saturated carbocycles. The van der Waals surface area contributed by atoms with E-state index >= 15 is 0 Å². The molecule has 0 unspecified atom stereocenters. The number of halogens is 1. The average Bonchev–Trinajstić information content (AvgIpc) is 2.47. The number of rotatable bonds is 6. The van der Waals surface area contributed by atoms with E-state index in [9.17, 15) is 4.79 Å². The predicted molar refractivity (Wildman–Crippen MR) is 88.5 cm³/mol. The average molecular weight is 322 g/mol. The minimum absolute atomic E-state index is 0.00331. The van der Waals surface area contributed by atoms with Gasteiger partial charge in [0.25, 0.3) is 0 Å². The highest BCUT2D eigenvalue weighted by atomic mass is 35.5. The Labute approximate surface area is 133 Å². The van der Waals surface area contributed by atoms with E-state index in [1.54, 1.807) is 23.9 Å². The molecule has 110 valence electrons. The standard InChI is InChI=1S/C16H16ClNO2S/c1-11(19)13-4-2-3-5-16(13)20-8-9-21-12-6-7-15(18)14(17)10-12/h2-7,10H,8-9,18H2,1H3. The van der Waals surface area contributed by atoms with Gasteiger partial charge in [0.2, 0.25) is 0 Å². The van der Waals surface area contributed by atoms with Crippen molar-refractivity contribution < 1.29 is 9.53 Å². The number of ketones is 1. The molecule has 21 heavy (non-hydrogen) atoms. The molecule has 3 nitrogen and oxygen atoms in total. The van der Waals surface area contributed by atoms with Crippen LogP contribution in [0.5, 0.6) is 5.75 Å². The molecule has 0 amide bonds. The summed E-state index contributed by atoms with van der Waals surface area (Å²) in [6.45, 7) is 2.05. The number of para-hydroxylation sites is 1. The SMILES string of the molecule is CC(=O)c1ccccc1OCCSc1ccc(N)c(Cl)c1. The number of nitrogen functional groups attached to an aromatic ring is 1. The Morgan fingerprint density at radius 1 is 1.29 bits per heavy atom. The van der Waals surface area contributed by atoms with Crippen molar-refractivity contribution in [3.63, 3.8) is 0 Å². The zero-order valence-corrected chi connectivity index (χ0v) is 13.2. The number of carbonyl (C=O) groups is 1.